The highest BCUT2D eigenvalue weighted by molar-refractivity contribution is 6.31. The average Bonchev–Trinajstić information content (AvgIpc) is 2.55. The number of nitrogens with one attached hydrogen (secondary N) is 2. The number of hydrogen-bond acceptors (Lipinski definition) is 4. The second kappa shape index (κ2) is 6.54. The Morgan fingerprint density at radius 3 is 2.88 bits per heavy atom. The van der Waals surface area contributed by atoms with Gasteiger partial charge in [0.2, 0.25) is 0 Å². The van der Waals surface area contributed by atoms with Crippen LogP contribution in [0.2, 0.25) is 5.02 Å². The fourth-order valence-corrected chi connectivity index (χ4v) is 2.80. The third-order valence-corrected chi connectivity index (χ3v) is 3.86. The van der Waals surface area contributed by atoms with Crippen LogP contribution in [0.4, 0.5) is 16.2 Å². The molecule has 2 amide bonds. The Labute approximate surface area is 150 Å². The molecule has 0 aliphatic carbocycles. The van der Waals surface area contributed by atoms with E-state index in [1.807, 2.05) is 19.9 Å². The van der Waals surface area contributed by atoms with Gasteiger partial charge in [-0.15, -0.1) is 0 Å². The Morgan fingerprint density at radius 2 is 2.12 bits per heavy atom. The van der Waals surface area contributed by atoms with Gasteiger partial charge in [-0.2, -0.15) is 5.26 Å². The van der Waals surface area contributed by atoms with Crippen molar-refractivity contribution < 1.29 is 9.53 Å². The van der Waals surface area contributed by atoms with Crippen LogP contribution in [0.5, 0.6) is 5.75 Å². The van der Waals surface area contributed by atoms with E-state index in [0.717, 1.165) is 0 Å². The van der Waals surface area contributed by atoms with Gasteiger partial charge in [0.05, 0.1) is 18.2 Å². The number of nitriles is 1. The lowest BCUT2D eigenvalue weighted by Crippen LogP contribution is -2.55. The maximum absolute atomic E-state index is 12.4. The molecule has 25 heavy (non-hydrogen) atoms. The molecule has 1 aliphatic heterocycles. The second-order valence-electron chi connectivity index (χ2n) is 6.32. The van der Waals surface area contributed by atoms with E-state index in [2.05, 4.69) is 10.7 Å². The topological polar surface area (TPSA) is 77.4 Å². The van der Waals surface area contributed by atoms with Crippen LogP contribution in [0.25, 0.3) is 0 Å². The zero-order valence-corrected chi connectivity index (χ0v) is 14.6. The normalized spacial score (nSPS) is 14.7. The van der Waals surface area contributed by atoms with Gasteiger partial charge in [0.15, 0.2) is 0 Å². The van der Waals surface area contributed by atoms with Crippen molar-refractivity contribution in [1.29, 1.82) is 5.26 Å². The molecule has 0 saturated heterocycles. The first kappa shape index (κ1) is 16.9. The van der Waals surface area contributed by atoms with Crippen LogP contribution in [-0.4, -0.2) is 18.2 Å². The molecule has 0 unspecified atom stereocenters. The molecule has 0 saturated carbocycles. The molecule has 3 rings (SSSR count). The number of carbonyl (C=O) groups is 1. The van der Waals surface area contributed by atoms with E-state index in [-0.39, 0.29) is 0 Å². The molecule has 0 spiro atoms. The molecule has 7 heteroatoms. The summed E-state index contributed by atoms with van der Waals surface area (Å²) in [5, 5.41) is 13.9. The summed E-state index contributed by atoms with van der Waals surface area (Å²) in [5.41, 5.74) is 4.03. The molecule has 0 bridgehead atoms. The summed E-state index contributed by atoms with van der Waals surface area (Å²) in [5.74, 6) is 0.646. The van der Waals surface area contributed by atoms with Gasteiger partial charge in [-0.3, -0.25) is 5.01 Å². The van der Waals surface area contributed by atoms with Gasteiger partial charge in [0, 0.05) is 10.7 Å². The molecule has 0 radical (unpaired) electrons. The molecular formula is C18H17ClN4O2. The van der Waals surface area contributed by atoms with Crippen LogP contribution in [0, 0.1) is 11.3 Å². The standard InChI is InChI=1S/C18H17ClN4O2/c1-18(2)11-23(15-9-13(19)6-7-16(15)25-18)22-17(24)21-14-5-3-4-12(8-14)10-20/h3-9H,11H2,1-2H3,(H2,21,22,24). The minimum Gasteiger partial charge on any atom is -0.484 e. The number of halogens is 1. The van der Waals surface area contributed by atoms with Gasteiger partial charge in [-0.25, -0.2) is 10.2 Å². The average molecular weight is 357 g/mol. The molecule has 1 heterocycles. The summed E-state index contributed by atoms with van der Waals surface area (Å²) in [4.78, 5) is 12.4. The van der Waals surface area contributed by atoms with Crippen molar-refractivity contribution in [2.24, 2.45) is 0 Å². The number of benzene rings is 2. The third kappa shape index (κ3) is 3.95. The quantitative estimate of drug-likeness (QED) is 0.854. The SMILES string of the molecule is CC1(C)CN(NC(=O)Nc2cccc(C#N)c2)c2cc(Cl)ccc2O1. The summed E-state index contributed by atoms with van der Waals surface area (Å²) in [6.45, 7) is 4.33. The number of hydrazine groups is 1. The van der Waals surface area contributed by atoms with E-state index >= 15 is 0 Å². The highest BCUT2D eigenvalue weighted by Gasteiger charge is 2.32. The van der Waals surface area contributed by atoms with Crippen molar-refractivity contribution >= 4 is 29.0 Å². The summed E-state index contributed by atoms with van der Waals surface area (Å²) in [6, 6.07) is 13.6. The van der Waals surface area contributed by atoms with E-state index in [4.69, 9.17) is 21.6 Å². The zero-order chi connectivity index (χ0) is 18.0. The fourth-order valence-electron chi connectivity index (χ4n) is 2.63. The van der Waals surface area contributed by atoms with Crippen molar-refractivity contribution in [2.45, 2.75) is 19.4 Å². The van der Waals surface area contributed by atoms with Crippen molar-refractivity contribution in [2.75, 3.05) is 16.9 Å². The Hall–Kier alpha value is -2.91. The molecule has 1 aliphatic rings. The smallest absolute Gasteiger partial charge is 0.338 e. The maximum atomic E-state index is 12.4. The number of carbonyl (C=O) groups excluding carboxylic acids is 1. The number of rotatable bonds is 2. The van der Waals surface area contributed by atoms with Gasteiger partial charge in [0.1, 0.15) is 17.0 Å². The highest BCUT2D eigenvalue weighted by atomic mass is 35.5. The summed E-state index contributed by atoms with van der Waals surface area (Å²) < 4.78 is 5.93. The van der Waals surface area contributed by atoms with Crippen molar-refractivity contribution in [3.8, 4) is 11.8 Å². The van der Waals surface area contributed by atoms with Crippen LogP contribution < -0.4 is 20.5 Å². The van der Waals surface area contributed by atoms with Crippen LogP contribution in [-0.2, 0) is 0 Å². The van der Waals surface area contributed by atoms with Crippen LogP contribution in [0.3, 0.4) is 0 Å². The van der Waals surface area contributed by atoms with Gasteiger partial charge in [-0.05, 0) is 50.2 Å². The first-order chi connectivity index (χ1) is 11.9. The molecule has 6 nitrogen and oxygen atoms in total. The van der Waals surface area contributed by atoms with E-state index in [1.54, 1.807) is 47.5 Å². The summed E-state index contributed by atoms with van der Waals surface area (Å²) >= 11 is 6.07. The van der Waals surface area contributed by atoms with Gasteiger partial charge in [0.25, 0.3) is 0 Å². The van der Waals surface area contributed by atoms with Crippen LogP contribution in [0.15, 0.2) is 42.5 Å². The molecule has 0 aromatic heterocycles. The first-order valence-electron chi connectivity index (χ1n) is 7.70. The molecule has 0 fully saturated rings. The molecule has 2 aromatic rings. The minimum atomic E-state index is -0.477. The van der Waals surface area contributed by atoms with E-state index in [1.165, 1.54) is 0 Å². The van der Waals surface area contributed by atoms with Crippen molar-refractivity contribution in [3.63, 3.8) is 0 Å². The van der Waals surface area contributed by atoms with Crippen molar-refractivity contribution in [1.82, 2.24) is 5.43 Å². The second-order valence-corrected chi connectivity index (χ2v) is 6.75. The zero-order valence-electron chi connectivity index (χ0n) is 13.8. The number of hydrogen-bond donors (Lipinski definition) is 2. The van der Waals surface area contributed by atoms with Gasteiger partial charge < -0.3 is 10.1 Å². The number of anilines is 2. The lowest BCUT2D eigenvalue weighted by molar-refractivity contribution is 0.102. The molecule has 128 valence electrons. The lowest BCUT2D eigenvalue weighted by Gasteiger charge is -2.40. The number of nitrogens with zero attached hydrogens (tertiary/aromatic N) is 2. The van der Waals surface area contributed by atoms with Crippen LogP contribution in [0.1, 0.15) is 19.4 Å². The summed E-state index contributed by atoms with van der Waals surface area (Å²) in [7, 11) is 0. The lowest BCUT2D eigenvalue weighted by atomic mass is 10.1. The highest BCUT2D eigenvalue weighted by Crippen LogP contribution is 2.37. The number of fused-ring (bicyclic) bond motifs is 1. The van der Waals surface area contributed by atoms with Crippen LogP contribution >= 0.6 is 11.6 Å². The molecule has 2 N–H and O–H groups in total. The Bertz CT molecular complexity index is 860. The van der Waals surface area contributed by atoms with E-state index in [0.29, 0.717) is 34.3 Å². The predicted octanol–water partition coefficient (Wildman–Crippen LogP) is 3.93. The summed E-state index contributed by atoms with van der Waals surface area (Å²) in [6.07, 6.45) is 0. The monoisotopic (exact) mass is 356 g/mol. The molecule has 2 aromatic carbocycles. The maximum Gasteiger partial charge on any atom is 0.338 e. The Morgan fingerprint density at radius 1 is 1.32 bits per heavy atom. The van der Waals surface area contributed by atoms with E-state index in [9.17, 15) is 4.79 Å². The number of urea groups is 1. The van der Waals surface area contributed by atoms with Crippen molar-refractivity contribution in [3.05, 3.63) is 53.1 Å². The minimum absolute atomic E-state index is 0.418. The van der Waals surface area contributed by atoms with Gasteiger partial charge in [-0.1, -0.05) is 17.7 Å². The number of ether oxygens (including phenoxy) is 1. The fraction of sp³-hybridized carbons (Fsp3) is 0.222. The molecule has 0 atom stereocenters. The Kier molecular flexibility index (Phi) is 4.43. The molecular weight excluding hydrogens is 340 g/mol. The largest absolute Gasteiger partial charge is 0.484 e. The number of amides is 2. The van der Waals surface area contributed by atoms with E-state index < -0.39 is 11.6 Å². The third-order valence-electron chi connectivity index (χ3n) is 3.62. The first-order valence-corrected chi connectivity index (χ1v) is 8.08. The van der Waals surface area contributed by atoms with Gasteiger partial charge >= 0.3 is 6.03 Å². The predicted molar refractivity (Wildman–Crippen MR) is 96.8 cm³/mol. The Balaban J connectivity index is 1.78.